The van der Waals surface area contributed by atoms with E-state index in [1.54, 1.807) is 7.11 Å². The van der Waals surface area contributed by atoms with Gasteiger partial charge in [0.05, 0.1) is 11.6 Å². The van der Waals surface area contributed by atoms with E-state index in [1.165, 1.54) is 38.9 Å². The summed E-state index contributed by atoms with van der Waals surface area (Å²) in [6, 6.07) is 0. The van der Waals surface area contributed by atoms with Crippen molar-refractivity contribution in [2.45, 2.75) is 25.7 Å². The second-order valence-electron chi connectivity index (χ2n) is 4.95. The van der Waals surface area contributed by atoms with Gasteiger partial charge < -0.3 is 20.3 Å². The van der Waals surface area contributed by atoms with Crippen molar-refractivity contribution < 1.29 is 4.74 Å². The highest BCUT2D eigenvalue weighted by molar-refractivity contribution is 7.80. The Hall–Kier alpha value is -0.230. The lowest BCUT2D eigenvalue weighted by Crippen LogP contribution is -2.33. The van der Waals surface area contributed by atoms with Crippen LogP contribution < -0.4 is 5.73 Å². The van der Waals surface area contributed by atoms with Crippen molar-refractivity contribution in [1.29, 1.82) is 0 Å². The van der Waals surface area contributed by atoms with Gasteiger partial charge in [0, 0.05) is 26.6 Å². The van der Waals surface area contributed by atoms with Crippen molar-refractivity contribution in [2.24, 2.45) is 5.73 Å². The Bertz CT molecular complexity index is 232. The Kier molecular flexibility index (Phi) is 8.50. The number of methoxy groups -OCH3 is 1. The van der Waals surface area contributed by atoms with Gasteiger partial charge in [-0.05, 0) is 45.4 Å². The molecule has 1 rings (SSSR count). The molecule has 0 aromatic heterocycles. The van der Waals surface area contributed by atoms with Crippen LogP contribution in [0.25, 0.3) is 0 Å². The summed E-state index contributed by atoms with van der Waals surface area (Å²) in [5, 5.41) is 0. The number of thiocarbonyl (C=S) groups is 1. The minimum Gasteiger partial charge on any atom is -0.393 e. The maximum absolute atomic E-state index is 5.56. The Morgan fingerprint density at radius 2 is 2.00 bits per heavy atom. The highest BCUT2D eigenvalue weighted by atomic mass is 32.1. The SMILES string of the molecule is COCCN(CCCN1CCCC1)CCC(N)=S. The lowest BCUT2D eigenvalue weighted by Gasteiger charge is -2.23. The van der Waals surface area contributed by atoms with Crippen LogP contribution in [0.5, 0.6) is 0 Å². The fourth-order valence-electron chi connectivity index (χ4n) is 2.35. The van der Waals surface area contributed by atoms with Crippen LogP contribution >= 0.6 is 12.2 Å². The van der Waals surface area contributed by atoms with E-state index in [0.717, 1.165) is 32.7 Å². The molecule has 106 valence electrons. The molecule has 0 aromatic carbocycles. The molecule has 0 bridgehead atoms. The Balaban J connectivity index is 2.14. The van der Waals surface area contributed by atoms with E-state index in [0.29, 0.717) is 4.99 Å². The summed E-state index contributed by atoms with van der Waals surface area (Å²) in [7, 11) is 1.75. The molecule has 1 fully saturated rings. The lowest BCUT2D eigenvalue weighted by atomic mass is 10.3. The summed E-state index contributed by atoms with van der Waals surface area (Å²) in [5.74, 6) is 0. The summed E-state index contributed by atoms with van der Waals surface area (Å²) >= 11 is 4.94. The first kappa shape index (κ1) is 15.8. The van der Waals surface area contributed by atoms with Gasteiger partial charge in [-0.2, -0.15) is 0 Å². The third-order valence-corrected chi connectivity index (χ3v) is 3.64. The molecule has 0 spiro atoms. The van der Waals surface area contributed by atoms with E-state index in [2.05, 4.69) is 9.80 Å². The molecule has 1 aliphatic rings. The Labute approximate surface area is 116 Å². The number of nitrogens with zero attached hydrogens (tertiary/aromatic N) is 2. The second kappa shape index (κ2) is 9.67. The molecule has 0 unspecified atom stereocenters. The monoisotopic (exact) mass is 273 g/mol. The number of nitrogens with two attached hydrogens (primary N) is 1. The van der Waals surface area contributed by atoms with Gasteiger partial charge >= 0.3 is 0 Å². The molecular formula is C13H27N3OS. The predicted octanol–water partition coefficient (Wildman–Crippen LogP) is 1.10. The summed E-state index contributed by atoms with van der Waals surface area (Å²) in [6.45, 7) is 7.60. The standard InChI is InChI=1S/C13H27N3OS/c1-17-12-11-16(10-5-13(14)18)9-4-8-15-6-2-3-7-15/h2-12H2,1H3,(H2,14,18). The molecule has 5 heteroatoms. The minimum atomic E-state index is 0.608. The van der Waals surface area contributed by atoms with Gasteiger partial charge in [0.15, 0.2) is 0 Å². The van der Waals surface area contributed by atoms with Crippen LogP contribution in [-0.4, -0.2) is 67.8 Å². The number of likely N-dealkylation sites (tertiary alicyclic amines) is 1. The Morgan fingerprint density at radius 1 is 1.28 bits per heavy atom. The van der Waals surface area contributed by atoms with E-state index < -0.39 is 0 Å². The lowest BCUT2D eigenvalue weighted by molar-refractivity contribution is 0.146. The molecule has 0 aliphatic carbocycles. The minimum absolute atomic E-state index is 0.608. The second-order valence-corrected chi connectivity index (χ2v) is 5.48. The van der Waals surface area contributed by atoms with Gasteiger partial charge in [-0.25, -0.2) is 0 Å². The molecule has 2 N–H and O–H groups in total. The summed E-state index contributed by atoms with van der Waals surface area (Å²) < 4.78 is 5.14. The molecular weight excluding hydrogens is 246 g/mol. The first-order valence-electron chi connectivity index (χ1n) is 6.94. The third-order valence-electron chi connectivity index (χ3n) is 3.43. The van der Waals surface area contributed by atoms with Crippen molar-refractivity contribution in [3.05, 3.63) is 0 Å². The van der Waals surface area contributed by atoms with E-state index in [-0.39, 0.29) is 0 Å². The van der Waals surface area contributed by atoms with Crippen molar-refractivity contribution in [1.82, 2.24) is 9.80 Å². The van der Waals surface area contributed by atoms with Crippen LogP contribution in [0.15, 0.2) is 0 Å². The molecule has 1 aliphatic heterocycles. The fraction of sp³-hybridized carbons (Fsp3) is 0.923. The van der Waals surface area contributed by atoms with Crippen LogP contribution in [0, 0.1) is 0 Å². The van der Waals surface area contributed by atoms with Gasteiger partial charge in [0.1, 0.15) is 0 Å². The van der Waals surface area contributed by atoms with E-state index in [4.69, 9.17) is 22.7 Å². The number of hydrogen-bond donors (Lipinski definition) is 1. The molecule has 4 nitrogen and oxygen atoms in total. The van der Waals surface area contributed by atoms with Crippen LogP contribution in [0.3, 0.4) is 0 Å². The average molecular weight is 273 g/mol. The Morgan fingerprint density at radius 3 is 2.61 bits per heavy atom. The summed E-state index contributed by atoms with van der Waals surface area (Å²) in [5.41, 5.74) is 5.56. The van der Waals surface area contributed by atoms with Crippen LogP contribution in [0.4, 0.5) is 0 Å². The quantitative estimate of drug-likeness (QED) is 0.604. The smallest absolute Gasteiger partial charge is 0.0740 e. The zero-order valence-corrected chi connectivity index (χ0v) is 12.4. The van der Waals surface area contributed by atoms with Gasteiger partial charge in [0.25, 0.3) is 0 Å². The molecule has 0 amide bonds. The number of hydrogen-bond acceptors (Lipinski definition) is 4. The molecule has 0 aromatic rings. The molecule has 18 heavy (non-hydrogen) atoms. The molecule has 0 atom stereocenters. The summed E-state index contributed by atoms with van der Waals surface area (Å²) in [4.78, 5) is 5.57. The van der Waals surface area contributed by atoms with E-state index in [1.807, 2.05) is 0 Å². The zero-order valence-electron chi connectivity index (χ0n) is 11.6. The first-order valence-corrected chi connectivity index (χ1v) is 7.35. The molecule has 0 radical (unpaired) electrons. The van der Waals surface area contributed by atoms with Gasteiger partial charge in [0.2, 0.25) is 0 Å². The van der Waals surface area contributed by atoms with Gasteiger partial charge in [-0.1, -0.05) is 12.2 Å². The molecule has 0 saturated carbocycles. The normalized spacial score (nSPS) is 16.6. The topological polar surface area (TPSA) is 41.7 Å². The van der Waals surface area contributed by atoms with Crippen LogP contribution in [-0.2, 0) is 4.74 Å². The summed E-state index contributed by atoms with van der Waals surface area (Å²) in [6.07, 6.45) is 4.77. The maximum atomic E-state index is 5.56. The zero-order chi connectivity index (χ0) is 13.2. The average Bonchev–Trinajstić information content (AvgIpc) is 2.84. The number of rotatable bonds is 10. The first-order chi connectivity index (χ1) is 8.72. The highest BCUT2D eigenvalue weighted by Crippen LogP contribution is 2.07. The highest BCUT2D eigenvalue weighted by Gasteiger charge is 2.11. The van der Waals surface area contributed by atoms with Gasteiger partial charge in [-0.15, -0.1) is 0 Å². The van der Waals surface area contributed by atoms with Crippen LogP contribution in [0.2, 0.25) is 0 Å². The van der Waals surface area contributed by atoms with Crippen LogP contribution in [0.1, 0.15) is 25.7 Å². The molecule has 1 saturated heterocycles. The van der Waals surface area contributed by atoms with Crippen molar-refractivity contribution in [3.8, 4) is 0 Å². The van der Waals surface area contributed by atoms with Crippen molar-refractivity contribution >= 4 is 17.2 Å². The number of ether oxygens (including phenoxy) is 1. The van der Waals surface area contributed by atoms with E-state index >= 15 is 0 Å². The third kappa shape index (κ3) is 7.26. The van der Waals surface area contributed by atoms with Gasteiger partial charge in [-0.3, -0.25) is 0 Å². The van der Waals surface area contributed by atoms with Crippen molar-refractivity contribution in [2.75, 3.05) is 53.0 Å². The molecule has 1 heterocycles. The predicted molar refractivity (Wildman–Crippen MR) is 80.0 cm³/mol. The fourth-order valence-corrected chi connectivity index (χ4v) is 2.44. The largest absolute Gasteiger partial charge is 0.393 e. The van der Waals surface area contributed by atoms with Crippen molar-refractivity contribution in [3.63, 3.8) is 0 Å². The van der Waals surface area contributed by atoms with E-state index in [9.17, 15) is 0 Å². The maximum Gasteiger partial charge on any atom is 0.0740 e.